The zero-order chi connectivity index (χ0) is 25.4. The van der Waals surface area contributed by atoms with Crippen molar-refractivity contribution in [1.29, 1.82) is 0 Å². The van der Waals surface area contributed by atoms with Crippen molar-refractivity contribution in [2.24, 2.45) is 0 Å². The van der Waals surface area contributed by atoms with Crippen LogP contribution in [-0.2, 0) is 0 Å². The number of benzene rings is 2. The van der Waals surface area contributed by atoms with Gasteiger partial charge in [0.15, 0.2) is 11.5 Å². The molecule has 0 bridgehead atoms. The summed E-state index contributed by atoms with van der Waals surface area (Å²) in [6.07, 6.45) is 1.69. The van der Waals surface area contributed by atoms with E-state index in [9.17, 15) is 29.8 Å². The molecular formula is C21H22N2O11. The summed E-state index contributed by atoms with van der Waals surface area (Å²) in [5.74, 6) is -2.57. The molecule has 0 spiro atoms. The predicted octanol–water partition coefficient (Wildman–Crippen LogP) is 3.84. The van der Waals surface area contributed by atoms with Crippen molar-refractivity contribution in [3.63, 3.8) is 0 Å². The van der Waals surface area contributed by atoms with E-state index in [0.29, 0.717) is 24.8 Å². The summed E-state index contributed by atoms with van der Waals surface area (Å²) in [4.78, 5) is 43.0. The average molecular weight is 478 g/mol. The van der Waals surface area contributed by atoms with E-state index < -0.39 is 44.3 Å². The number of rotatable bonds is 13. The summed E-state index contributed by atoms with van der Waals surface area (Å²) < 4.78 is 16.1. The summed E-state index contributed by atoms with van der Waals surface area (Å²) in [5, 5.41) is 40.5. The van der Waals surface area contributed by atoms with Crippen molar-refractivity contribution in [2.75, 3.05) is 20.3 Å². The van der Waals surface area contributed by atoms with Crippen LogP contribution in [0.1, 0.15) is 45.5 Å². The number of nitro groups is 2. The van der Waals surface area contributed by atoms with Gasteiger partial charge in [-0.2, -0.15) is 0 Å². The number of methoxy groups -OCH3 is 1. The summed E-state index contributed by atoms with van der Waals surface area (Å²) in [7, 11) is 1.28. The lowest BCUT2D eigenvalue weighted by atomic mass is 10.1. The molecule has 0 heterocycles. The maximum Gasteiger partial charge on any atom is 0.342 e. The van der Waals surface area contributed by atoms with Gasteiger partial charge in [-0.3, -0.25) is 20.2 Å². The highest BCUT2D eigenvalue weighted by molar-refractivity contribution is 5.94. The third-order valence-electron chi connectivity index (χ3n) is 4.73. The summed E-state index contributed by atoms with van der Waals surface area (Å²) >= 11 is 0. The molecular weight excluding hydrogens is 456 g/mol. The van der Waals surface area contributed by atoms with E-state index >= 15 is 0 Å². The fraction of sp³-hybridized carbons (Fsp3) is 0.333. The monoisotopic (exact) mass is 478 g/mol. The van der Waals surface area contributed by atoms with E-state index in [2.05, 4.69) is 0 Å². The van der Waals surface area contributed by atoms with E-state index in [-0.39, 0.29) is 30.5 Å². The van der Waals surface area contributed by atoms with Gasteiger partial charge in [-0.15, -0.1) is 0 Å². The second-order valence-corrected chi connectivity index (χ2v) is 7.04. The van der Waals surface area contributed by atoms with Crippen molar-refractivity contribution in [3.05, 3.63) is 61.2 Å². The Kier molecular flexibility index (Phi) is 8.70. The minimum atomic E-state index is -1.46. The maximum atomic E-state index is 11.2. The van der Waals surface area contributed by atoms with Crippen molar-refractivity contribution >= 4 is 23.3 Å². The van der Waals surface area contributed by atoms with Crippen LogP contribution in [0.4, 0.5) is 11.4 Å². The van der Waals surface area contributed by atoms with Gasteiger partial charge in [0, 0.05) is 6.07 Å². The quantitative estimate of drug-likeness (QED) is 0.242. The second-order valence-electron chi connectivity index (χ2n) is 7.04. The molecule has 0 aliphatic carbocycles. The Bertz CT molecular complexity index is 1110. The molecule has 13 nitrogen and oxygen atoms in total. The Hall–Kier alpha value is -4.42. The zero-order valence-electron chi connectivity index (χ0n) is 18.3. The number of unbranched alkanes of at least 4 members (excludes halogenated alkanes) is 2. The normalized spacial score (nSPS) is 10.4. The van der Waals surface area contributed by atoms with Gasteiger partial charge in [0.2, 0.25) is 0 Å². The Morgan fingerprint density at radius 2 is 1.26 bits per heavy atom. The van der Waals surface area contributed by atoms with Gasteiger partial charge in [-0.05, 0) is 37.8 Å². The van der Waals surface area contributed by atoms with Crippen LogP contribution in [-0.4, -0.2) is 52.3 Å². The number of hydrogen-bond acceptors (Lipinski definition) is 9. The molecule has 2 aromatic carbocycles. The number of ether oxygens (including phenoxy) is 3. The first-order chi connectivity index (χ1) is 16.1. The summed E-state index contributed by atoms with van der Waals surface area (Å²) in [5.41, 5.74) is -1.66. The molecule has 0 atom stereocenters. The molecule has 2 rings (SSSR count). The average Bonchev–Trinajstić information content (AvgIpc) is 2.77. The number of aryl methyl sites for hydroxylation is 1. The smallest absolute Gasteiger partial charge is 0.342 e. The summed E-state index contributed by atoms with van der Waals surface area (Å²) in [6.45, 7) is 1.96. The standard InChI is InChI=1S/C21H22N2O11/c1-12-8-13(20(24)25)15(22(28)29)10-17(12)33-6-4-3-5-7-34-19-11-16(23(30)31)14(21(26)27)9-18(19)32-2/h8-11H,3-7H2,1-2H3,(H,24,25)(H,26,27). The van der Waals surface area contributed by atoms with Gasteiger partial charge in [-0.1, -0.05) is 0 Å². The zero-order valence-corrected chi connectivity index (χ0v) is 18.3. The highest BCUT2D eigenvalue weighted by atomic mass is 16.6. The molecule has 34 heavy (non-hydrogen) atoms. The number of nitrogens with zero attached hydrogens (tertiary/aromatic N) is 2. The topological polar surface area (TPSA) is 189 Å². The minimum absolute atomic E-state index is 0.0388. The van der Waals surface area contributed by atoms with Crippen LogP contribution in [0.3, 0.4) is 0 Å². The molecule has 182 valence electrons. The SMILES string of the molecule is COc1cc(C(=O)O)c([N+](=O)[O-])cc1OCCCCCOc1cc([N+](=O)[O-])c(C(=O)O)cc1C. The number of carbonyl (C=O) groups is 2. The number of carboxylic acid groups (broad SMARTS) is 2. The molecule has 2 N–H and O–H groups in total. The number of nitro benzene ring substituents is 2. The molecule has 0 saturated carbocycles. The van der Waals surface area contributed by atoms with Crippen molar-refractivity contribution in [2.45, 2.75) is 26.2 Å². The number of hydrogen-bond donors (Lipinski definition) is 2. The van der Waals surface area contributed by atoms with Crippen LogP contribution >= 0.6 is 0 Å². The lowest BCUT2D eigenvalue weighted by Crippen LogP contribution is -2.07. The third-order valence-corrected chi connectivity index (χ3v) is 4.73. The van der Waals surface area contributed by atoms with Crippen molar-refractivity contribution in [1.82, 2.24) is 0 Å². The molecule has 0 saturated heterocycles. The number of carboxylic acids is 2. The van der Waals surface area contributed by atoms with Gasteiger partial charge in [0.25, 0.3) is 11.4 Å². The van der Waals surface area contributed by atoms with Gasteiger partial charge < -0.3 is 24.4 Å². The molecule has 2 aromatic rings. The van der Waals surface area contributed by atoms with Gasteiger partial charge >= 0.3 is 11.9 Å². The first kappa shape index (κ1) is 25.8. The molecule has 13 heteroatoms. The molecule has 0 aromatic heterocycles. The van der Waals surface area contributed by atoms with Crippen LogP contribution in [0.2, 0.25) is 0 Å². The molecule has 0 aliphatic heterocycles. The molecule has 0 aliphatic rings. The minimum Gasteiger partial charge on any atom is -0.493 e. The fourth-order valence-corrected chi connectivity index (χ4v) is 3.04. The van der Waals surface area contributed by atoms with E-state index in [1.54, 1.807) is 6.92 Å². The van der Waals surface area contributed by atoms with Gasteiger partial charge in [0.05, 0.1) is 42.3 Å². The first-order valence-corrected chi connectivity index (χ1v) is 9.94. The van der Waals surface area contributed by atoms with E-state index in [4.69, 9.17) is 24.4 Å². The second kappa shape index (κ2) is 11.4. The highest BCUT2D eigenvalue weighted by Gasteiger charge is 2.25. The molecule has 0 amide bonds. The van der Waals surface area contributed by atoms with E-state index in [1.165, 1.54) is 13.2 Å². The van der Waals surface area contributed by atoms with E-state index in [1.807, 2.05) is 0 Å². The Morgan fingerprint density at radius 3 is 1.74 bits per heavy atom. The fourth-order valence-electron chi connectivity index (χ4n) is 3.04. The molecule has 0 radical (unpaired) electrons. The predicted molar refractivity (Wildman–Crippen MR) is 116 cm³/mol. The van der Waals surface area contributed by atoms with Crippen LogP contribution in [0.25, 0.3) is 0 Å². The van der Waals surface area contributed by atoms with E-state index in [0.717, 1.165) is 18.2 Å². The lowest BCUT2D eigenvalue weighted by Gasteiger charge is -2.12. The van der Waals surface area contributed by atoms with Gasteiger partial charge in [0.1, 0.15) is 16.9 Å². The van der Waals surface area contributed by atoms with Crippen molar-refractivity contribution < 1.29 is 43.9 Å². The van der Waals surface area contributed by atoms with Crippen LogP contribution < -0.4 is 14.2 Å². The third kappa shape index (κ3) is 6.31. The Labute approximate surface area is 192 Å². The Balaban J connectivity index is 1.90. The lowest BCUT2D eigenvalue weighted by molar-refractivity contribution is -0.385. The van der Waals surface area contributed by atoms with Crippen LogP contribution in [0.15, 0.2) is 24.3 Å². The maximum absolute atomic E-state index is 11.2. The molecule has 0 unspecified atom stereocenters. The number of aromatic carboxylic acids is 2. The van der Waals surface area contributed by atoms with Crippen molar-refractivity contribution in [3.8, 4) is 17.2 Å². The largest absolute Gasteiger partial charge is 0.493 e. The first-order valence-electron chi connectivity index (χ1n) is 9.94. The Morgan fingerprint density at radius 1 is 0.794 bits per heavy atom. The molecule has 0 fully saturated rings. The summed E-state index contributed by atoms with van der Waals surface area (Å²) in [6, 6.07) is 4.30. The van der Waals surface area contributed by atoms with Gasteiger partial charge in [-0.25, -0.2) is 9.59 Å². The highest BCUT2D eigenvalue weighted by Crippen LogP contribution is 2.35. The van der Waals surface area contributed by atoms with Crippen LogP contribution in [0, 0.1) is 27.2 Å². The van der Waals surface area contributed by atoms with Crippen LogP contribution in [0.5, 0.6) is 17.2 Å².